The molecule has 0 unspecified atom stereocenters. The second-order valence-corrected chi connectivity index (χ2v) is 7.34. The lowest BCUT2D eigenvalue weighted by Crippen LogP contribution is -2.26. The van der Waals surface area contributed by atoms with E-state index in [0.717, 1.165) is 18.6 Å². The standard InChI is InChI=1S/C24H20F4O2/c1-2-14-12-29-24(30-13-14)17-4-7-19(22(27)11-17)15-3-6-18(21(26)9-15)16-5-8-20(25)23(28)10-16/h3-11,14,24H,2,12-13H2,1H3. The Balaban J connectivity index is 1.58. The molecule has 0 aromatic heterocycles. The fraction of sp³-hybridized carbons (Fsp3) is 0.250. The minimum absolute atomic E-state index is 0.101. The van der Waals surface area contributed by atoms with E-state index in [0.29, 0.717) is 30.3 Å². The first kappa shape index (κ1) is 20.6. The van der Waals surface area contributed by atoms with Crippen molar-refractivity contribution in [3.63, 3.8) is 0 Å². The van der Waals surface area contributed by atoms with Crippen LogP contribution in [0.3, 0.4) is 0 Å². The van der Waals surface area contributed by atoms with Gasteiger partial charge < -0.3 is 9.47 Å². The highest BCUT2D eigenvalue weighted by Gasteiger charge is 2.23. The molecule has 2 nitrogen and oxygen atoms in total. The van der Waals surface area contributed by atoms with Crippen LogP contribution in [0, 0.1) is 29.2 Å². The van der Waals surface area contributed by atoms with E-state index in [-0.39, 0.29) is 16.7 Å². The molecular formula is C24H20F4O2. The Morgan fingerprint density at radius 2 is 1.27 bits per heavy atom. The predicted molar refractivity (Wildman–Crippen MR) is 106 cm³/mol. The molecule has 0 bridgehead atoms. The van der Waals surface area contributed by atoms with Gasteiger partial charge in [0.2, 0.25) is 0 Å². The highest BCUT2D eigenvalue weighted by atomic mass is 19.2. The molecule has 0 radical (unpaired) electrons. The second kappa shape index (κ2) is 8.58. The lowest BCUT2D eigenvalue weighted by Gasteiger charge is -2.29. The molecule has 0 atom stereocenters. The normalized spacial score (nSPS) is 19.1. The lowest BCUT2D eigenvalue weighted by atomic mass is 9.98. The second-order valence-electron chi connectivity index (χ2n) is 7.34. The van der Waals surface area contributed by atoms with Crippen molar-refractivity contribution in [2.45, 2.75) is 19.6 Å². The smallest absolute Gasteiger partial charge is 0.183 e. The van der Waals surface area contributed by atoms with Gasteiger partial charge in [-0.15, -0.1) is 0 Å². The van der Waals surface area contributed by atoms with E-state index in [1.54, 1.807) is 12.1 Å². The topological polar surface area (TPSA) is 18.5 Å². The predicted octanol–water partition coefficient (Wildman–Crippen LogP) is 6.65. The van der Waals surface area contributed by atoms with Crippen molar-refractivity contribution in [1.29, 1.82) is 0 Å². The van der Waals surface area contributed by atoms with Gasteiger partial charge >= 0.3 is 0 Å². The molecule has 0 aliphatic carbocycles. The Morgan fingerprint density at radius 1 is 0.700 bits per heavy atom. The van der Waals surface area contributed by atoms with Crippen molar-refractivity contribution in [3.05, 3.63) is 83.4 Å². The third kappa shape index (κ3) is 4.11. The number of hydrogen-bond donors (Lipinski definition) is 0. The first-order valence-electron chi connectivity index (χ1n) is 9.74. The zero-order chi connectivity index (χ0) is 21.3. The SMILES string of the molecule is CCC1COC(c2ccc(-c3ccc(-c4ccc(F)c(F)c4)c(F)c3)c(F)c2)OC1. The molecular weight excluding hydrogens is 396 g/mol. The third-order valence-electron chi connectivity index (χ3n) is 5.32. The van der Waals surface area contributed by atoms with Gasteiger partial charge in [-0.25, -0.2) is 17.6 Å². The fourth-order valence-corrected chi connectivity index (χ4v) is 3.46. The Hall–Kier alpha value is -2.70. The first-order valence-corrected chi connectivity index (χ1v) is 9.74. The van der Waals surface area contributed by atoms with Crippen LogP contribution in [0.2, 0.25) is 0 Å². The van der Waals surface area contributed by atoms with Crippen LogP contribution in [0.25, 0.3) is 22.3 Å². The molecule has 1 aliphatic heterocycles. The van der Waals surface area contributed by atoms with Gasteiger partial charge in [0.05, 0.1) is 13.2 Å². The average Bonchev–Trinajstić information content (AvgIpc) is 2.76. The van der Waals surface area contributed by atoms with E-state index < -0.39 is 29.6 Å². The Labute approximate surface area is 172 Å². The zero-order valence-electron chi connectivity index (χ0n) is 16.3. The Bertz CT molecular complexity index is 1060. The maximum atomic E-state index is 14.8. The third-order valence-corrected chi connectivity index (χ3v) is 5.32. The highest BCUT2D eigenvalue weighted by Crippen LogP contribution is 2.33. The number of benzene rings is 3. The van der Waals surface area contributed by atoms with Crippen LogP contribution >= 0.6 is 0 Å². The zero-order valence-corrected chi connectivity index (χ0v) is 16.3. The summed E-state index contributed by atoms with van der Waals surface area (Å²) < 4.78 is 67.3. The first-order chi connectivity index (χ1) is 14.5. The van der Waals surface area contributed by atoms with Crippen LogP contribution in [-0.2, 0) is 9.47 Å². The van der Waals surface area contributed by atoms with Gasteiger partial charge in [-0.3, -0.25) is 0 Å². The van der Waals surface area contributed by atoms with E-state index in [4.69, 9.17) is 9.47 Å². The van der Waals surface area contributed by atoms with E-state index in [1.165, 1.54) is 30.3 Å². The highest BCUT2D eigenvalue weighted by molar-refractivity contribution is 5.71. The van der Waals surface area contributed by atoms with E-state index >= 15 is 0 Å². The van der Waals surface area contributed by atoms with E-state index in [1.807, 2.05) is 0 Å². The molecule has 1 aliphatic rings. The molecule has 0 amide bonds. The molecule has 3 aromatic carbocycles. The van der Waals surface area contributed by atoms with Crippen LogP contribution in [-0.4, -0.2) is 13.2 Å². The van der Waals surface area contributed by atoms with Crippen molar-refractivity contribution in [3.8, 4) is 22.3 Å². The van der Waals surface area contributed by atoms with Crippen LogP contribution in [0.5, 0.6) is 0 Å². The summed E-state index contributed by atoms with van der Waals surface area (Å²) in [5.41, 5.74) is 1.41. The van der Waals surface area contributed by atoms with Gasteiger partial charge in [-0.05, 0) is 41.8 Å². The number of halogens is 4. The van der Waals surface area contributed by atoms with Crippen LogP contribution < -0.4 is 0 Å². The van der Waals surface area contributed by atoms with Gasteiger partial charge in [0.1, 0.15) is 11.6 Å². The fourth-order valence-electron chi connectivity index (χ4n) is 3.46. The molecule has 0 spiro atoms. The van der Waals surface area contributed by atoms with E-state index in [9.17, 15) is 17.6 Å². The maximum absolute atomic E-state index is 14.8. The van der Waals surface area contributed by atoms with Crippen molar-refractivity contribution in [1.82, 2.24) is 0 Å². The summed E-state index contributed by atoms with van der Waals surface area (Å²) in [7, 11) is 0. The molecule has 1 saturated heterocycles. The molecule has 0 saturated carbocycles. The number of rotatable bonds is 4. The molecule has 3 aromatic rings. The van der Waals surface area contributed by atoms with Crippen LogP contribution in [0.4, 0.5) is 17.6 Å². The Morgan fingerprint density at radius 3 is 1.83 bits per heavy atom. The minimum atomic E-state index is -1.06. The largest absolute Gasteiger partial charge is 0.348 e. The minimum Gasteiger partial charge on any atom is -0.348 e. The summed E-state index contributed by atoms with van der Waals surface area (Å²) >= 11 is 0. The number of ether oxygens (including phenoxy) is 2. The molecule has 0 N–H and O–H groups in total. The molecule has 156 valence electrons. The molecule has 6 heteroatoms. The summed E-state index contributed by atoms with van der Waals surface area (Å²) in [5.74, 6) is -2.92. The van der Waals surface area contributed by atoms with Crippen LogP contribution in [0.1, 0.15) is 25.2 Å². The van der Waals surface area contributed by atoms with Crippen LogP contribution in [0.15, 0.2) is 54.6 Å². The van der Waals surface area contributed by atoms with Crippen molar-refractivity contribution >= 4 is 0 Å². The molecule has 1 fully saturated rings. The lowest BCUT2D eigenvalue weighted by molar-refractivity contribution is -0.205. The van der Waals surface area contributed by atoms with Gasteiger partial charge in [0.25, 0.3) is 0 Å². The van der Waals surface area contributed by atoms with Crippen molar-refractivity contribution < 1.29 is 27.0 Å². The average molecular weight is 416 g/mol. The van der Waals surface area contributed by atoms with Gasteiger partial charge in [0, 0.05) is 22.6 Å². The van der Waals surface area contributed by atoms with Crippen molar-refractivity contribution in [2.24, 2.45) is 5.92 Å². The summed E-state index contributed by atoms with van der Waals surface area (Å²) in [4.78, 5) is 0. The monoisotopic (exact) mass is 416 g/mol. The molecule has 1 heterocycles. The van der Waals surface area contributed by atoms with Gasteiger partial charge in [-0.1, -0.05) is 37.3 Å². The van der Waals surface area contributed by atoms with E-state index in [2.05, 4.69) is 6.92 Å². The number of hydrogen-bond acceptors (Lipinski definition) is 2. The Kier molecular flexibility index (Phi) is 5.88. The summed E-state index contributed by atoms with van der Waals surface area (Å²) in [5, 5.41) is 0. The summed E-state index contributed by atoms with van der Waals surface area (Å²) in [6.07, 6.45) is 0.329. The molecule has 30 heavy (non-hydrogen) atoms. The van der Waals surface area contributed by atoms with Crippen molar-refractivity contribution in [2.75, 3.05) is 13.2 Å². The molecule has 4 rings (SSSR count). The van der Waals surface area contributed by atoms with Gasteiger partial charge in [-0.2, -0.15) is 0 Å². The summed E-state index contributed by atoms with van der Waals surface area (Å²) in [6, 6.07) is 11.9. The summed E-state index contributed by atoms with van der Waals surface area (Å²) in [6.45, 7) is 3.17. The quantitative estimate of drug-likeness (QED) is 0.444. The van der Waals surface area contributed by atoms with Gasteiger partial charge in [0.15, 0.2) is 17.9 Å². The maximum Gasteiger partial charge on any atom is 0.183 e.